The summed E-state index contributed by atoms with van der Waals surface area (Å²) in [6.07, 6.45) is 27.1. The quantitative estimate of drug-likeness (QED) is 0.0120. The van der Waals surface area contributed by atoms with Crippen LogP contribution < -0.4 is 0 Å². The minimum Gasteiger partial charge on any atom is -0.462 e. The topological polar surface area (TPSA) is 296 Å². The monoisotopic (exact) mass is 1050 g/mol. The third-order valence-electron chi connectivity index (χ3n) is 11.5. The van der Waals surface area contributed by atoms with Gasteiger partial charge in [-0.15, -0.1) is 0 Å². The zero-order valence-corrected chi connectivity index (χ0v) is 43.9. The molecule has 0 spiro atoms. The summed E-state index contributed by atoms with van der Waals surface area (Å²) in [5.74, 6) is -1.50. The van der Waals surface area contributed by atoms with Crippen LogP contribution in [-0.2, 0) is 41.8 Å². The van der Waals surface area contributed by atoms with Crippen LogP contribution in [-0.4, -0.2) is 125 Å². The number of hydrogen-bond donors (Lipinski definition) is 9. The van der Waals surface area contributed by atoms with Crippen molar-refractivity contribution in [1.29, 1.82) is 0 Å². The Kier molecular flexibility index (Phi) is 38.1. The normalized spacial score (nSPS) is 22.4. The average molecular weight is 1050 g/mol. The van der Waals surface area contributed by atoms with E-state index < -0.39 is 95.7 Å². The highest BCUT2D eigenvalue weighted by molar-refractivity contribution is 7.47. The molecule has 0 amide bonds. The van der Waals surface area contributed by atoms with Gasteiger partial charge in [0, 0.05) is 12.8 Å². The highest BCUT2D eigenvalue weighted by Crippen LogP contribution is 2.49. The highest BCUT2D eigenvalue weighted by Gasteiger charge is 2.54. The molecule has 71 heavy (non-hydrogen) atoms. The van der Waals surface area contributed by atoms with Crippen LogP contribution in [0, 0.1) is 0 Å². The summed E-state index contributed by atoms with van der Waals surface area (Å²) in [6, 6.07) is 0. The zero-order valence-electron chi connectivity index (χ0n) is 42.1. The first-order valence-electron chi connectivity index (χ1n) is 25.6. The molecule has 0 radical (unpaired) electrons. The van der Waals surface area contributed by atoms with Crippen molar-refractivity contribution < 1.29 is 87.1 Å². The first-order chi connectivity index (χ1) is 33.9. The predicted molar refractivity (Wildman–Crippen MR) is 271 cm³/mol. The summed E-state index contributed by atoms with van der Waals surface area (Å²) >= 11 is 0. The lowest BCUT2D eigenvalue weighted by Gasteiger charge is -2.43. The lowest BCUT2D eigenvalue weighted by atomic mass is 9.85. The number of aliphatic hydroxyl groups is 6. The molecular weight excluding hydrogens is 962 g/mol. The Labute approximate surface area is 422 Å². The fourth-order valence-corrected chi connectivity index (χ4v) is 8.92. The van der Waals surface area contributed by atoms with Crippen LogP contribution in [0.25, 0.3) is 0 Å². The molecule has 1 saturated carbocycles. The first-order valence-corrected chi connectivity index (χ1v) is 28.7. The molecule has 20 heteroatoms. The van der Waals surface area contributed by atoms with Gasteiger partial charge in [-0.25, -0.2) is 9.13 Å². The number of allylic oxidation sites excluding steroid dienone is 11. The number of phosphoric ester groups is 2. The Balaban J connectivity index is 2.65. The van der Waals surface area contributed by atoms with E-state index in [0.29, 0.717) is 12.8 Å². The molecule has 10 atom stereocenters. The molecule has 1 aliphatic rings. The van der Waals surface area contributed by atoms with Gasteiger partial charge >= 0.3 is 27.6 Å². The summed E-state index contributed by atoms with van der Waals surface area (Å²) in [6.45, 7) is 2.73. The maximum Gasteiger partial charge on any atom is 0.472 e. The standard InChI is InChI=1S/C51H88O18P2/c1-3-5-7-9-11-13-15-17-18-19-20-21-22-23-25-27-29-31-33-37-44(54)65-39-41(40-66-71(63,64)69-51-48(58)46(56)47(57)50(49(51)59)68-70(60,61)62)67-45(55)38-34-36-43(53)42(52)35-32-30-28-26-24-16-14-12-10-8-6-4-2/h6,8,11-14,17-18,24,26,30,32,41-43,46-53,56-59H,3-5,7,9-10,15-16,19-23,25,27-29,31,33-40H2,1-2H3,(H,63,64)(H2,60,61,62)/b8-6-,13-11-,14-12-,18-17-,26-24-,32-30-/t41-,42-,43-,46?,47?,48?,49?,50-,51+/m1/s1. The predicted octanol–water partition coefficient (Wildman–Crippen LogP) is 8.34. The smallest absolute Gasteiger partial charge is 0.462 e. The molecule has 1 fully saturated rings. The Bertz CT molecular complexity index is 1680. The minimum atomic E-state index is -5.40. The molecule has 0 aromatic carbocycles. The van der Waals surface area contributed by atoms with Crippen molar-refractivity contribution in [3.63, 3.8) is 0 Å². The van der Waals surface area contributed by atoms with Gasteiger partial charge < -0.3 is 54.8 Å². The van der Waals surface area contributed by atoms with E-state index >= 15 is 0 Å². The van der Waals surface area contributed by atoms with E-state index in [-0.39, 0.29) is 32.1 Å². The fourth-order valence-electron chi connectivity index (χ4n) is 7.38. The summed E-state index contributed by atoms with van der Waals surface area (Å²) < 4.78 is 49.3. The van der Waals surface area contributed by atoms with Crippen molar-refractivity contribution in [2.24, 2.45) is 0 Å². The third-order valence-corrected chi connectivity index (χ3v) is 13.0. The molecule has 410 valence electrons. The van der Waals surface area contributed by atoms with Crippen LogP contribution >= 0.6 is 15.6 Å². The molecule has 0 aromatic rings. The van der Waals surface area contributed by atoms with Crippen molar-refractivity contribution in [3.05, 3.63) is 72.9 Å². The fraction of sp³-hybridized carbons (Fsp3) is 0.725. The van der Waals surface area contributed by atoms with Crippen LogP contribution in [0.2, 0.25) is 0 Å². The molecule has 9 N–H and O–H groups in total. The van der Waals surface area contributed by atoms with Gasteiger partial charge in [-0.05, 0) is 83.5 Å². The van der Waals surface area contributed by atoms with E-state index in [1.165, 1.54) is 38.5 Å². The lowest BCUT2D eigenvalue weighted by molar-refractivity contribution is -0.216. The number of esters is 2. The van der Waals surface area contributed by atoms with Gasteiger partial charge in [0.1, 0.15) is 43.2 Å². The van der Waals surface area contributed by atoms with Crippen LogP contribution in [0.4, 0.5) is 0 Å². The van der Waals surface area contributed by atoms with Gasteiger partial charge in [-0.3, -0.25) is 23.2 Å². The maximum absolute atomic E-state index is 13.0. The molecule has 0 aromatic heterocycles. The second kappa shape index (κ2) is 40.7. The number of ether oxygens (including phenoxy) is 2. The molecule has 0 saturated heterocycles. The van der Waals surface area contributed by atoms with E-state index in [1.54, 1.807) is 6.08 Å². The molecular formula is C51H88O18P2. The molecule has 1 aliphatic carbocycles. The Hall–Kier alpha value is -2.64. The van der Waals surface area contributed by atoms with E-state index in [1.807, 2.05) is 18.2 Å². The SMILES string of the molecule is CC/C=C\C/C=C\C/C=C\C/C=C\C[C@@H](O)[C@H](O)CCCC(=O)O[C@H](COC(=O)CCCCCCCCCCC/C=C\C/C=C\CCCCC)COP(=O)(O)O[C@H]1C(O)C(O)C(O)[C@@H](OP(=O)(O)O)C1O. The number of unbranched alkanes of at least 4 members (excludes halogenated alkanes) is 12. The van der Waals surface area contributed by atoms with Gasteiger partial charge in [-0.2, -0.15) is 0 Å². The Morgan fingerprint density at radius 2 is 1.00 bits per heavy atom. The van der Waals surface area contributed by atoms with E-state index in [2.05, 4.69) is 67.0 Å². The second-order valence-corrected chi connectivity index (χ2v) is 20.4. The second-order valence-electron chi connectivity index (χ2n) is 17.8. The first kappa shape index (κ1) is 66.4. The number of phosphoric acid groups is 2. The summed E-state index contributed by atoms with van der Waals surface area (Å²) in [7, 11) is -10.8. The molecule has 5 unspecified atom stereocenters. The van der Waals surface area contributed by atoms with Gasteiger partial charge in [0.15, 0.2) is 6.10 Å². The van der Waals surface area contributed by atoms with Gasteiger partial charge in [-0.1, -0.05) is 145 Å². The molecule has 0 heterocycles. The van der Waals surface area contributed by atoms with Crippen LogP contribution in [0.5, 0.6) is 0 Å². The molecule has 0 aliphatic heterocycles. The van der Waals surface area contributed by atoms with Crippen molar-refractivity contribution in [2.45, 2.75) is 223 Å². The largest absolute Gasteiger partial charge is 0.472 e. The lowest BCUT2D eigenvalue weighted by Crippen LogP contribution is -2.64. The highest BCUT2D eigenvalue weighted by atomic mass is 31.2. The number of rotatable bonds is 42. The van der Waals surface area contributed by atoms with Crippen molar-refractivity contribution >= 4 is 27.6 Å². The maximum atomic E-state index is 13.0. The third kappa shape index (κ3) is 34.5. The van der Waals surface area contributed by atoms with E-state index in [9.17, 15) is 64.0 Å². The Morgan fingerprint density at radius 3 is 1.55 bits per heavy atom. The number of carbonyl (C=O) groups is 2. The molecule has 0 bridgehead atoms. The summed E-state index contributed by atoms with van der Waals surface area (Å²) in [4.78, 5) is 54.5. The Morgan fingerprint density at radius 1 is 0.521 bits per heavy atom. The number of aliphatic hydroxyl groups excluding tert-OH is 6. The van der Waals surface area contributed by atoms with Gasteiger partial charge in [0.2, 0.25) is 0 Å². The number of hydrogen-bond acceptors (Lipinski definition) is 15. The average Bonchev–Trinajstić information content (AvgIpc) is 3.32. The zero-order chi connectivity index (χ0) is 52.8. The van der Waals surface area contributed by atoms with Crippen LogP contribution in [0.3, 0.4) is 0 Å². The summed E-state index contributed by atoms with van der Waals surface area (Å²) in [5.41, 5.74) is 0. The van der Waals surface area contributed by atoms with Crippen molar-refractivity contribution in [2.75, 3.05) is 13.2 Å². The van der Waals surface area contributed by atoms with Crippen molar-refractivity contribution in [1.82, 2.24) is 0 Å². The minimum absolute atomic E-state index is 0.0223. The molecule has 18 nitrogen and oxygen atoms in total. The van der Waals surface area contributed by atoms with Crippen molar-refractivity contribution in [3.8, 4) is 0 Å². The van der Waals surface area contributed by atoms with Gasteiger partial charge in [0.25, 0.3) is 0 Å². The van der Waals surface area contributed by atoms with E-state index in [4.69, 9.17) is 18.5 Å². The van der Waals surface area contributed by atoms with E-state index in [0.717, 1.165) is 70.6 Å². The van der Waals surface area contributed by atoms with Crippen LogP contribution in [0.1, 0.15) is 168 Å². The summed E-state index contributed by atoms with van der Waals surface area (Å²) in [5, 5.41) is 62.2. The van der Waals surface area contributed by atoms with Gasteiger partial charge in [0.05, 0.1) is 18.8 Å². The number of carbonyl (C=O) groups excluding carboxylic acids is 2. The van der Waals surface area contributed by atoms with Crippen LogP contribution in [0.15, 0.2) is 72.9 Å². The molecule has 1 rings (SSSR count).